The molecule has 2 aliphatic rings. The average molecular weight is 322 g/mol. The zero-order valence-electron chi connectivity index (χ0n) is 13.2. The predicted octanol–water partition coefficient (Wildman–Crippen LogP) is 3.64. The molecule has 4 heteroatoms. The third kappa shape index (κ3) is 2.80. The first kappa shape index (κ1) is 14.9. The van der Waals surface area contributed by atoms with Crippen molar-refractivity contribution in [2.45, 2.75) is 31.8 Å². The lowest BCUT2D eigenvalue weighted by Crippen LogP contribution is -2.36. The Morgan fingerprint density at radius 2 is 1.88 bits per heavy atom. The van der Waals surface area contributed by atoms with Crippen molar-refractivity contribution in [1.29, 1.82) is 0 Å². The van der Waals surface area contributed by atoms with Crippen LogP contribution in [0.4, 0.5) is 0 Å². The van der Waals surface area contributed by atoms with E-state index in [1.807, 2.05) is 36.4 Å². The minimum absolute atomic E-state index is 0.0808. The van der Waals surface area contributed by atoms with Crippen molar-refractivity contribution < 1.29 is 19.1 Å². The Morgan fingerprint density at radius 3 is 2.71 bits per heavy atom. The van der Waals surface area contributed by atoms with Gasteiger partial charge in [0, 0.05) is 24.3 Å². The number of carbonyl (C=O) groups excluding carboxylic acids is 2. The van der Waals surface area contributed by atoms with Crippen molar-refractivity contribution in [2.75, 3.05) is 0 Å². The van der Waals surface area contributed by atoms with Crippen LogP contribution in [0.2, 0.25) is 0 Å². The van der Waals surface area contributed by atoms with Crippen LogP contribution in [0.3, 0.4) is 0 Å². The highest BCUT2D eigenvalue weighted by molar-refractivity contribution is 5.87. The van der Waals surface area contributed by atoms with Crippen molar-refractivity contribution in [3.63, 3.8) is 0 Å². The van der Waals surface area contributed by atoms with Crippen LogP contribution in [0, 0.1) is 5.92 Å². The first-order chi connectivity index (χ1) is 11.7. The summed E-state index contributed by atoms with van der Waals surface area (Å²) in [6.45, 7) is 0.479. The summed E-state index contributed by atoms with van der Waals surface area (Å²) in [6.07, 6.45) is 1.46. The van der Waals surface area contributed by atoms with Crippen LogP contribution in [0.5, 0.6) is 11.5 Å². The Balaban J connectivity index is 1.58. The van der Waals surface area contributed by atoms with Crippen LogP contribution < -0.4 is 9.47 Å². The molecule has 0 N–H and O–H groups in total. The van der Waals surface area contributed by atoms with Gasteiger partial charge in [0.25, 0.3) is 0 Å². The Bertz CT molecular complexity index is 781. The van der Waals surface area contributed by atoms with Gasteiger partial charge in [0.2, 0.25) is 0 Å². The molecule has 2 atom stereocenters. The Hall–Kier alpha value is -2.62. The van der Waals surface area contributed by atoms with Gasteiger partial charge in [0.15, 0.2) is 0 Å². The van der Waals surface area contributed by atoms with E-state index in [9.17, 15) is 9.59 Å². The Morgan fingerprint density at radius 1 is 1.04 bits per heavy atom. The van der Waals surface area contributed by atoms with Gasteiger partial charge in [0.05, 0.1) is 5.92 Å². The van der Waals surface area contributed by atoms with E-state index in [0.29, 0.717) is 31.6 Å². The van der Waals surface area contributed by atoms with Crippen molar-refractivity contribution in [1.82, 2.24) is 0 Å². The number of Topliss-reactive ketones (excluding diaryl/α,β-unsaturated/α-hetero) is 1. The molecule has 4 nitrogen and oxygen atoms in total. The number of ether oxygens (including phenoxy) is 2. The topological polar surface area (TPSA) is 52.6 Å². The maximum absolute atomic E-state index is 12.1. The summed E-state index contributed by atoms with van der Waals surface area (Å²) in [5.41, 5.74) is 2.01. The summed E-state index contributed by atoms with van der Waals surface area (Å²) in [6, 6.07) is 15.4. The van der Waals surface area contributed by atoms with E-state index in [1.54, 1.807) is 12.1 Å². The number of ketones is 1. The fraction of sp³-hybridized carbons (Fsp3) is 0.300. The third-order valence-electron chi connectivity index (χ3n) is 4.81. The van der Waals surface area contributed by atoms with Gasteiger partial charge < -0.3 is 9.47 Å². The summed E-state index contributed by atoms with van der Waals surface area (Å²) in [4.78, 5) is 24.0. The van der Waals surface area contributed by atoms with E-state index in [0.717, 1.165) is 16.9 Å². The SMILES string of the molecule is O=C1CCC2C(=O)Oc3ccc(OCc4ccccc4)cc3C2C1. The molecule has 0 spiro atoms. The van der Waals surface area contributed by atoms with E-state index in [4.69, 9.17) is 9.47 Å². The Labute approximate surface area is 140 Å². The van der Waals surface area contributed by atoms with Crippen LogP contribution >= 0.6 is 0 Å². The first-order valence-corrected chi connectivity index (χ1v) is 8.25. The maximum Gasteiger partial charge on any atom is 0.314 e. The molecule has 0 amide bonds. The van der Waals surface area contributed by atoms with Gasteiger partial charge in [-0.3, -0.25) is 9.59 Å². The highest BCUT2D eigenvalue weighted by Crippen LogP contribution is 2.45. The second kappa shape index (κ2) is 6.11. The molecule has 2 aromatic rings. The minimum Gasteiger partial charge on any atom is -0.489 e. The summed E-state index contributed by atoms with van der Waals surface area (Å²) < 4.78 is 11.3. The van der Waals surface area contributed by atoms with E-state index in [-0.39, 0.29) is 23.6 Å². The van der Waals surface area contributed by atoms with E-state index in [2.05, 4.69) is 0 Å². The molecule has 1 fully saturated rings. The number of esters is 1. The fourth-order valence-electron chi connectivity index (χ4n) is 3.54. The molecular weight excluding hydrogens is 304 g/mol. The molecule has 0 aromatic heterocycles. The number of fused-ring (bicyclic) bond motifs is 3. The lowest BCUT2D eigenvalue weighted by atomic mass is 9.73. The zero-order valence-corrected chi connectivity index (χ0v) is 13.2. The minimum atomic E-state index is -0.210. The van der Waals surface area contributed by atoms with Crippen LogP contribution in [0.15, 0.2) is 48.5 Å². The zero-order chi connectivity index (χ0) is 16.5. The third-order valence-corrected chi connectivity index (χ3v) is 4.81. The summed E-state index contributed by atoms with van der Waals surface area (Å²) in [5.74, 6) is 1.00. The number of rotatable bonds is 3. The fourth-order valence-corrected chi connectivity index (χ4v) is 3.54. The lowest BCUT2D eigenvalue weighted by molar-refractivity contribution is -0.143. The van der Waals surface area contributed by atoms with Gasteiger partial charge in [0.1, 0.15) is 23.9 Å². The molecule has 0 saturated heterocycles. The van der Waals surface area contributed by atoms with Gasteiger partial charge in [-0.25, -0.2) is 0 Å². The molecule has 2 aromatic carbocycles. The Kier molecular flexibility index (Phi) is 3.81. The molecule has 24 heavy (non-hydrogen) atoms. The molecule has 122 valence electrons. The number of carbonyl (C=O) groups is 2. The van der Waals surface area contributed by atoms with Crippen molar-refractivity contribution >= 4 is 11.8 Å². The van der Waals surface area contributed by atoms with Crippen LogP contribution in [0.25, 0.3) is 0 Å². The van der Waals surface area contributed by atoms with Gasteiger partial charge >= 0.3 is 5.97 Å². The number of hydrogen-bond donors (Lipinski definition) is 0. The van der Waals surface area contributed by atoms with Crippen LogP contribution in [0.1, 0.15) is 36.3 Å². The van der Waals surface area contributed by atoms with Gasteiger partial charge in [-0.15, -0.1) is 0 Å². The van der Waals surface area contributed by atoms with E-state index in [1.165, 1.54) is 0 Å². The first-order valence-electron chi connectivity index (χ1n) is 8.25. The standard InChI is InChI=1S/C20H18O4/c21-14-6-8-16-17(10-14)18-11-15(7-9-19(18)24-20(16)22)23-12-13-4-2-1-3-5-13/h1-5,7,9,11,16-17H,6,8,10,12H2. The van der Waals surface area contributed by atoms with Gasteiger partial charge in [-0.05, 0) is 30.2 Å². The van der Waals surface area contributed by atoms with Crippen LogP contribution in [-0.2, 0) is 16.2 Å². The average Bonchev–Trinajstić information content (AvgIpc) is 2.61. The lowest BCUT2D eigenvalue weighted by Gasteiger charge is -2.34. The van der Waals surface area contributed by atoms with Crippen molar-refractivity contribution in [3.8, 4) is 11.5 Å². The summed E-state index contributed by atoms with van der Waals surface area (Å²) >= 11 is 0. The second-order valence-electron chi connectivity index (χ2n) is 6.39. The van der Waals surface area contributed by atoms with Gasteiger partial charge in [-0.2, -0.15) is 0 Å². The van der Waals surface area contributed by atoms with E-state index < -0.39 is 0 Å². The quantitative estimate of drug-likeness (QED) is 0.639. The number of benzene rings is 2. The highest BCUT2D eigenvalue weighted by Gasteiger charge is 2.41. The molecule has 1 aliphatic carbocycles. The molecular formula is C20H18O4. The molecule has 0 bridgehead atoms. The number of hydrogen-bond acceptors (Lipinski definition) is 4. The molecule has 4 rings (SSSR count). The molecule has 1 saturated carbocycles. The maximum atomic E-state index is 12.1. The summed E-state index contributed by atoms with van der Waals surface area (Å²) in [5, 5.41) is 0. The molecule has 2 unspecified atom stereocenters. The summed E-state index contributed by atoms with van der Waals surface area (Å²) in [7, 11) is 0. The predicted molar refractivity (Wildman–Crippen MR) is 87.9 cm³/mol. The molecule has 0 radical (unpaired) electrons. The highest BCUT2D eigenvalue weighted by atomic mass is 16.5. The van der Waals surface area contributed by atoms with Crippen LogP contribution in [-0.4, -0.2) is 11.8 Å². The smallest absolute Gasteiger partial charge is 0.314 e. The normalized spacial score (nSPS) is 22.3. The second-order valence-corrected chi connectivity index (χ2v) is 6.39. The van der Waals surface area contributed by atoms with Crippen molar-refractivity contribution in [3.05, 3.63) is 59.7 Å². The van der Waals surface area contributed by atoms with Gasteiger partial charge in [-0.1, -0.05) is 30.3 Å². The monoisotopic (exact) mass is 322 g/mol. The molecule has 1 aliphatic heterocycles. The largest absolute Gasteiger partial charge is 0.489 e. The van der Waals surface area contributed by atoms with Crippen molar-refractivity contribution in [2.24, 2.45) is 5.92 Å². The van der Waals surface area contributed by atoms with E-state index >= 15 is 0 Å². The molecule has 1 heterocycles.